The number of rotatable bonds is 8. The highest BCUT2D eigenvalue weighted by Crippen LogP contribution is 2.25. The molecule has 1 aliphatic rings. The second-order valence-electron chi connectivity index (χ2n) is 7.94. The van der Waals surface area contributed by atoms with Gasteiger partial charge in [0.05, 0.1) is 18.4 Å². The zero-order valence-electron chi connectivity index (χ0n) is 18.4. The van der Waals surface area contributed by atoms with Crippen LogP contribution in [-0.4, -0.2) is 49.9 Å². The first-order valence-electron chi connectivity index (χ1n) is 10.7. The minimum Gasteiger partial charge on any atom is -0.497 e. The average Bonchev–Trinajstić information content (AvgIpc) is 2.78. The van der Waals surface area contributed by atoms with Gasteiger partial charge in [0.15, 0.2) is 0 Å². The van der Waals surface area contributed by atoms with Crippen molar-refractivity contribution in [2.45, 2.75) is 43.7 Å². The number of hydrogen-bond donors (Lipinski definition) is 2. The zero-order valence-corrected chi connectivity index (χ0v) is 19.2. The van der Waals surface area contributed by atoms with Crippen LogP contribution < -0.4 is 20.3 Å². The number of carbonyl (C=O) groups excluding carboxylic acids is 2. The third-order valence-electron chi connectivity index (χ3n) is 5.21. The molecule has 1 saturated heterocycles. The van der Waals surface area contributed by atoms with E-state index in [9.17, 15) is 9.59 Å². The highest BCUT2D eigenvalue weighted by Gasteiger charge is 2.22. The Labute approximate surface area is 188 Å². The summed E-state index contributed by atoms with van der Waals surface area (Å²) in [5.41, 5.74) is 1.80. The Bertz CT molecular complexity index is 878. The van der Waals surface area contributed by atoms with E-state index in [2.05, 4.69) is 27.7 Å². The van der Waals surface area contributed by atoms with Gasteiger partial charge in [0.25, 0.3) is 5.91 Å². The molecule has 0 radical (unpaired) electrons. The number of piperidine rings is 1. The van der Waals surface area contributed by atoms with Gasteiger partial charge in [-0.2, -0.15) is 0 Å². The lowest BCUT2D eigenvalue weighted by molar-refractivity contribution is -0.119. The predicted molar refractivity (Wildman–Crippen MR) is 126 cm³/mol. The summed E-state index contributed by atoms with van der Waals surface area (Å²) in [7, 11) is 1.67. The topological polar surface area (TPSA) is 70.7 Å². The van der Waals surface area contributed by atoms with Crippen molar-refractivity contribution in [2.75, 3.05) is 30.9 Å². The Morgan fingerprint density at radius 3 is 2.42 bits per heavy atom. The highest BCUT2D eigenvalue weighted by molar-refractivity contribution is 8.00. The molecule has 2 aromatic carbocycles. The third kappa shape index (κ3) is 6.66. The van der Waals surface area contributed by atoms with Crippen LogP contribution in [0.4, 0.5) is 5.69 Å². The fourth-order valence-electron chi connectivity index (χ4n) is 3.63. The first-order chi connectivity index (χ1) is 15.0. The highest BCUT2D eigenvalue weighted by atomic mass is 32.2. The van der Waals surface area contributed by atoms with E-state index >= 15 is 0 Å². The standard InChI is InChI=1S/C24H31N3O3S/c1-17(2)25-23(28)16-31-22-7-5-4-6-21(22)24(29)26-18-12-14-27(15-13-18)19-8-10-20(30-3)11-9-19/h4-11,17-18H,12-16H2,1-3H3,(H,25,28)(H,26,29). The summed E-state index contributed by atoms with van der Waals surface area (Å²) in [6.45, 7) is 5.65. The number of hydrogen-bond acceptors (Lipinski definition) is 5. The zero-order chi connectivity index (χ0) is 22.2. The van der Waals surface area contributed by atoms with Crippen LogP contribution in [0.1, 0.15) is 37.0 Å². The van der Waals surface area contributed by atoms with E-state index in [4.69, 9.17) is 4.74 Å². The maximum atomic E-state index is 12.9. The van der Waals surface area contributed by atoms with Gasteiger partial charge in [-0.05, 0) is 63.1 Å². The summed E-state index contributed by atoms with van der Waals surface area (Å²) >= 11 is 1.40. The van der Waals surface area contributed by atoms with Crippen molar-refractivity contribution in [1.82, 2.24) is 10.6 Å². The molecule has 1 fully saturated rings. The molecule has 166 valence electrons. The molecule has 0 bridgehead atoms. The van der Waals surface area contributed by atoms with Gasteiger partial charge in [-0.1, -0.05) is 12.1 Å². The van der Waals surface area contributed by atoms with E-state index < -0.39 is 0 Å². The summed E-state index contributed by atoms with van der Waals surface area (Å²) in [4.78, 5) is 28.1. The Morgan fingerprint density at radius 1 is 1.10 bits per heavy atom. The summed E-state index contributed by atoms with van der Waals surface area (Å²) < 4.78 is 5.23. The van der Waals surface area contributed by atoms with Crippen LogP contribution in [0, 0.1) is 0 Å². The van der Waals surface area contributed by atoms with Gasteiger partial charge in [0, 0.05) is 35.8 Å². The molecular weight excluding hydrogens is 410 g/mol. The van der Waals surface area contributed by atoms with E-state index in [1.54, 1.807) is 7.11 Å². The molecule has 2 amide bonds. The Balaban J connectivity index is 1.53. The molecule has 2 aromatic rings. The van der Waals surface area contributed by atoms with Gasteiger partial charge in [-0.15, -0.1) is 11.8 Å². The maximum absolute atomic E-state index is 12.9. The molecule has 0 unspecified atom stereocenters. The molecule has 2 N–H and O–H groups in total. The number of benzene rings is 2. The Hall–Kier alpha value is -2.67. The quantitative estimate of drug-likeness (QED) is 0.611. The molecule has 31 heavy (non-hydrogen) atoms. The van der Waals surface area contributed by atoms with Crippen molar-refractivity contribution in [1.29, 1.82) is 0 Å². The van der Waals surface area contributed by atoms with Crippen LogP contribution in [0.5, 0.6) is 5.75 Å². The molecule has 0 spiro atoms. The van der Waals surface area contributed by atoms with Crippen molar-refractivity contribution in [3.63, 3.8) is 0 Å². The summed E-state index contributed by atoms with van der Waals surface area (Å²) in [6, 6.07) is 15.8. The summed E-state index contributed by atoms with van der Waals surface area (Å²) in [5.74, 6) is 1.04. The fraction of sp³-hybridized carbons (Fsp3) is 0.417. The van der Waals surface area contributed by atoms with Crippen LogP contribution in [0.2, 0.25) is 0 Å². The SMILES string of the molecule is COc1ccc(N2CCC(NC(=O)c3ccccc3SCC(=O)NC(C)C)CC2)cc1. The fourth-order valence-corrected chi connectivity index (χ4v) is 4.49. The van der Waals surface area contributed by atoms with E-state index in [0.717, 1.165) is 36.6 Å². The maximum Gasteiger partial charge on any atom is 0.252 e. The lowest BCUT2D eigenvalue weighted by atomic mass is 10.0. The van der Waals surface area contributed by atoms with Crippen LogP contribution >= 0.6 is 11.8 Å². The van der Waals surface area contributed by atoms with Crippen molar-refractivity contribution >= 4 is 29.3 Å². The van der Waals surface area contributed by atoms with E-state index in [1.807, 2.05) is 50.2 Å². The number of nitrogens with zero attached hydrogens (tertiary/aromatic N) is 1. The van der Waals surface area contributed by atoms with Gasteiger partial charge in [-0.3, -0.25) is 9.59 Å². The molecule has 0 aliphatic carbocycles. The normalized spacial score (nSPS) is 14.4. The second-order valence-corrected chi connectivity index (χ2v) is 8.96. The smallest absolute Gasteiger partial charge is 0.252 e. The van der Waals surface area contributed by atoms with Crippen LogP contribution in [-0.2, 0) is 4.79 Å². The van der Waals surface area contributed by atoms with Crippen molar-refractivity contribution in [3.8, 4) is 5.75 Å². The van der Waals surface area contributed by atoms with Gasteiger partial charge >= 0.3 is 0 Å². The van der Waals surface area contributed by atoms with Crippen molar-refractivity contribution in [3.05, 3.63) is 54.1 Å². The van der Waals surface area contributed by atoms with Crippen LogP contribution in [0.3, 0.4) is 0 Å². The number of methoxy groups -OCH3 is 1. The van der Waals surface area contributed by atoms with Gasteiger partial charge in [0.2, 0.25) is 5.91 Å². The average molecular weight is 442 g/mol. The molecule has 7 heteroatoms. The number of amides is 2. The van der Waals surface area contributed by atoms with Crippen molar-refractivity contribution < 1.29 is 14.3 Å². The van der Waals surface area contributed by atoms with E-state index in [-0.39, 0.29) is 23.9 Å². The molecule has 0 aromatic heterocycles. The largest absolute Gasteiger partial charge is 0.497 e. The minimum atomic E-state index is -0.0738. The Morgan fingerprint density at radius 2 is 1.77 bits per heavy atom. The molecule has 6 nitrogen and oxygen atoms in total. The van der Waals surface area contributed by atoms with Crippen LogP contribution in [0.25, 0.3) is 0 Å². The van der Waals surface area contributed by atoms with Gasteiger partial charge in [-0.25, -0.2) is 0 Å². The van der Waals surface area contributed by atoms with E-state index in [1.165, 1.54) is 17.4 Å². The monoisotopic (exact) mass is 441 g/mol. The molecular formula is C24H31N3O3S. The molecule has 0 atom stereocenters. The first kappa shape index (κ1) is 23.0. The minimum absolute atomic E-state index is 0.0267. The number of thioether (sulfide) groups is 1. The Kier molecular flexibility index (Phi) is 8.23. The number of anilines is 1. The summed E-state index contributed by atoms with van der Waals surface area (Å²) in [6.07, 6.45) is 1.79. The number of ether oxygens (including phenoxy) is 1. The van der Waals surface area contributed by atoms with Crippen molar-refractivity contribution in [2.24, 2.45) is 0 Å². The van der Waals surface area contributed by atoms with Crippen LogP contribution in [0.15, 0.2) is 53.4 Å². The number of carbonyl (C=O) groups is 2. The van der Waals surface area contributed by atoms with Gasteiger partial charge in [0.1, 0.15) is 5.75 Å². The van der Waals surface area contributed by atoms with E-state index in [0.29, 0.717) is 11.3 Å². The van der Waals surface area contributed by atoms with Gasteiger partial charge < -0.3 is 20.3 Å². The first-order valence-corrected chi connectivity index (χ1v) is 11.7. The third-order valence-corrected chi connectivity index (χ3v) is 6.28. The lowest BCUT2D eigenvalue weighted by Crippen LogP contribution is -2.44. The lowest BCUT2D eigenvalue weighted by Gasteiger charge is -2.34. The molecule has 0 saturated carbocycles. The molecule has 1 aliphatic heterocycles. The number of nitrogens with one attached hydrogen (secondary N) is 2. The molecule has 3 rings (SSSR count). The molecule has 1 heterocycles. The predicted octanol–water partition coefficient (Wildman–Crippen LogP) is 3.71. The summed E-state index contributed by atoms with van der Waals surface area (Å²) in [5, 5.41) is 6.07. The second kappa shape index (κ2) is 11.1.